The fourth-order valence-electron chi connectivity index (χ4n) is 2.24. The first-order valence-electron chi connectivity index (χ1n) is 7.98. The van der Waals surface area contributed by atoms with Crippen LogP contribution in [0.15, 0.2) is 36.5 Å². The van der Waals surface area contributed by atoms with Crippen molar-refractivity contribution in [3.63, 3.8) is 0 Å². The lowest BCUT2D eigenvalue weighted by atomic mass is 10.1. The summed E-state index contributed by atoms with van der Waals surface area (Å²) < 4.78 is 5.79. The van der Waals surface area contributed by atoms with E-state index in [-0.39, 0.29) is 5.91 Å². The molecule has 4 nitrogen and oxygen atoms in total. The van der Waals surface area contributed by atoms with Gasteiger partial charge in [-0.15, -0.1) is 0 Å². The van der Waals surface area contributed by atoms with Crippen molar-refractivity contribution in [3.8, 4) is 5.75 Å². The molecule has 0 saturated heterocycles. The number of amides is 1. The largest absolute Gasteiger partial charge is 0.493 e. The highest BCUT2D eigenvalue weighted by molar-refractivity contribution is 5.90. The fourth-order valence-corrected chi connectivity index (χ4v) is 2.24. The zero-order valence-electron chi connectivity index (χ0n) is 14.1. The van der Waals surface area contributed by atoms with E-state index in [0.717, 1.165) is 29.7 Å². The number of unbranched alkanes of at least 4 members (excludes halogenated alkanes) is 1. The minimum absolute atomic E-state index is 0.00136. The third kappa shape index (κ3) is 5.40. The third-order valence-corrected chi connectivity index (χ3v) is 3.67. The summed E-state index contributed by atoms with van der Waals surface area (Å²) in [5, 5.41) is 2.84. The molecule has 1 aromatic heterocycles. The van der Waals surface area contributed by atoms with Gasteiger partial charge in [0.05, 0.1) is 6.61 Å². The van der Waals surface area contributed by atoms with Crippen LogP contribution in [0.25, 0.3) is 0 Å². The third-order valence-electron chi connectivity index (χ3n) is 3.67. The molecule has 2 aromatic rings. The van der Waals surface area contributed by atoms with Crippen molar-refractivity contribution in [1.29, 1.82) is 0 Å². The van der Waals surface area contributed by atoms with E-state index in [1.807, 2.05) is 32.0 Å². The summed E-state index contributed by atoms with van der Waals surface area (Å²) in [6, 6.07) is 9.97. The van der Waals surface area contributed by atoms with Gasteiger partial charge in [0.2, 0.25) is 5.91 Å². The van der Waals surface area contributed by atoms with Crippen LogP contribution < -0.4 is 10.1 Å². The maximum atomic E-state index is 11.9. The predicted octanol–water partition coefficient (Wildman–Crippen LogP) is 4.19. The Morgan fingerprint density at radius 2 is 1.96 bits per heavy atom. The van der Waals surface area contributed by atoms with Gasteiger partial charge in [0.1, 0.15) is 11.6 Å². The zero-order valence-corrected chi connectivity index (χ0v) is 14.1. The Morgan fingerprint density at radius 3 is 2.74 bits per heavy atom. The number of aryl methyl sites for hydroxylation is 3. The highest BCUT2D eigenvalue weighted by Gasteiger charge is 2.05. The monoisotopic (exact) mass is 312 g/mol. The quantitative estimate of drug-likeness (QED) is 0.780. The van der Waals surface area contributed by atoms with Gasteiger partial charge in [-0.25, -0.2) is 4.98 Å². The number of nitrogens with zero attached hydrogens (tertiary/aromatic N) is 1. The minimum atomic E-state index is -0.00136. The molecular weight excluding hydrogens is 288 g/mol. The van der Waals surface area contributed by atoms with Gasteiger partial charge in [-0.1, -0.05) is 18.2 Å². The number of anilines is 1. The Bertz CT molecular complexity index is 668. The number of carbonyl (C=O) groups is 1. The van der Waals surface area contributed by atoms with Gasteiger partial charge in [0, 0.05) is 12.6 Å². The summed E-state index contributed by atoms with van der Waals surface area (Å²) in [5.41, 5.74) is 3.30. The van der Waals surface area contributed by atoms with Crippen LogP contribution in [0.2, 0.25) is 0 Å². The smallest absolute Gasteiger partial charge is 0.225 e. The van der Waals surface area contributed by atoms with E-state index in [0.29, 0.717) is 18.8 Å². The summed E-state index contributed by atoms with van der Waals surface area (Å²) >= 11 is 0. The second kappa shape index (κ2) is 8.32. The normalized spacial score (nSPS) is 10.4. The van der Waals surface area contributed by atoms with Crippen molar-refractivity contribution in [2.24, 2.45) is 0 Å². The number of hydrogen-bond acceptors (Lipinski definition) is 3. The molecule has 0 bridgehead atoms. The van der Waals surface area contributed by atoms with Crippen molar-refractivity contribution in [3.05, 3.63) is 53.2 Å². The van der Waals surface area contributed by atoms with Gasteiger partial charge in [0.15, 0.2) is 0 Å². The van der Waals surface area contributed by atoms with E-state index in [9.17, 15) is 4.79 Å². The summed E-state index contributed by atoms with van der Waals surface area (Å²) in [4.78, 5) is 16.1. The molecule has 23 heavy (non-hydrogen) atoms. The molecule has 1 heterocycles. The number of nitrogens with one attached hydrogen (secondary N) is 1. The number of aromatic nitrogens is 1. The van der Waals surface area contributed by atoms with Crippen molar-refractivity contribution < 1.29 is 9.53 Å². The molecule has 4 heteroatoms. The zero-order chi connectivity index (χ0) is 16.7. The lowest BCUT2D eigenvalue weighted by molar-refractivity contribution is -0.116. The van der Waals surface area contributed by atoms with Crippen LogP contribution in [-0.2, 0) is 4.79 Å². The molecule has 0 unspecified atom stereocenters. The Labute approximate surface area is 137 Å². The Kier molecular flexibility index (Phi) is 6.15. The Balaban J connectivity index is 1.68. The Hall–Kier alpha value is -2.36. The summed E-state index contributed by atoms with van der Waals surface area (Å²) in [6.45, 7) is 6.65. The van der Waals surface area contributed by atoms with Gasteiger partial charge in [0.25, 0.3) is 0 Å². The number of pyridine rings is 1. The van der Waals surface area contributed by atoms with E-state index in [1.54, 1.807) is 6.20 Å². The minimum Gasteiger partial charge on any atom is -0.493 e. The number of ether oxygens (including phenoxy) is 1. The van der Waals surface area contributed by atoms with Crippen molar-refractivity contribution in [2.45, 2.75) is 40.0 Å². The molecule has 0 spiro atoms. The Morgan fingerprint density at radius 1 is 1.13 bits per heavy atom. The molecule has 0 aliphatic rings. The van der Waals surface area contributed by atoms with E-state index in [2.05, 4.69) is 29.4 Å². The lowest BCUT2D eigenvalue weighted by Crippen LogP contribution is -2.13. The van der Waals surface area contributed by atoms with Crippen molar-refractivity contribution >= 4 is 11.7 Å². The molecule has 122 valence electrons. The summed E-state index contributed by atoms with van der Waals surface area (Å²) in [6.07, 6.45) is 3.80. The van der Waals surface area contributed by atoms with Gasteiger partial charge in [-0.3, -0.25) is 4.79 Å². The molecule has 1 amide bonds. The maximum Gasteiger partial charge on any atom is 0.225 e. The average molecular weight is 312 g/mol. The van der Waals surface area contributed by atoms with Crippen LogP contribution in [0.4, 0.5) is 5.82 Å². The number of hydrogen-bond donors (Lipinski definition) is 1. The van der Waals surface area contributed by atoms with Gasteiger partial charge in [-0.2, -0.15) is 0 Å². The second-order valence-electron chi connectivity index (χ2n) is 5.79. The van der Waals surface area contributed by atoms with Gasteiger partial charge < -0.3 is 10.1 Å². The maximum absolute atomic E-state index is 11.9. The highest BCUT2D eigenvalue weighted by Crippen LogP contribution is 2.19. The number of carbonyl (C=O) groups excluding carboxylic acids is 1. The summed E-state index contributed by atoms with van der Waals surface area (Å²) in [5.74, 6) is 1.57. The molecule has 0 aliphatic carbocycles. The predicted molar refractivity (Wildman–Crippen MR) is 92.9 cm³/mol. The second-order valence-corrected chi connectivity index (χ2v) is 5.79. The van der Waals surface area contributed by atoms with Gasteiger partial charge >= 0.3 is 0 Å². The van der Waals surface area contributed by atoms with Crippen LogP contribution >= 0.6 is 0 Å². The highest BCUT2D eigenvalue weighted by atomic mass is 16.5. The topological polar surface area (TPSA) is 51.2 Å². The standard InChI is InChI=1S/C19H24N2O2/c1-14-9-10-15(2)17(13-14)23-12-5-4-8-18(22)21-19-16(3)7-6-11-20-19/h6-7,9-11,13H,4-5,8,12H2,1-3H3,(H,20,21,22). The van der Waals surface area contributed by atoms with E-state index >= 15 is 0 Å². The first kappa shape index (κ1) is 17.0. The van der Waals surface area contributed by atoms with Crippen molar-refractivity contribution in [1.82, 2.24) is 4.98 Å². The molecule has 0 fully saturated rings. The number of benzene rings is 1. The van der Waals surface area contributed by atoms with Crippen LogP contribution in [0.5, 0.6) is 5.75 Å². The van der Waals surface area contributed by atoms with E-state index in [1.165, 1.54) is 5.56 Å². The molecule has 0 radical (unpaired) electrons. The lowest BCUT2D eigenvalue weighted by Gasteiger charge is -2.10. The first-order chi connectivity index (χ1) is 11.1. The molecular formula is C19H24N2O2. The SMILES string of the molecule is Cc1ccc(C)c(OCCCCC(=O)Nc2ncccc2C)c1. The van der Waals surface area contributed by atoms with E-state index < -0.39 is 0 Å². The van der Waals surface area contributed by atoms with Crippen LogP contribution in [0, 0.1) is 20.8 Å². The van der Waals surface area contributed by atoms with Gasteiger partial charge in [-0.05, 0) is 62.4 Å². The molecule has 2 rings (SSSR count). The van der Waals surface area contributed by atoms with Crippen molar-refractivity contribution in [2.75, 3.05) is 11.9 Å². The van der Waals surface area contributed by atoms with E-state index in [4.69, 9.17) is 4.74 Å². The van der Waals surface area contributed by atoms with Crippen LogP contribution in [0.3, 0.4) is 0 Å². The fraction of sp³-hybridized carbons (Fsp3) is 0.368. The number of rotatable bonds is 7. The molecule has 1 aromatic carbocycles. The van der Waals surface area contributed by atoms with Crippen LogP contribution in [0.1, 0.15) is 36.0 Å². The van der Waals surface area contributed by atoms with Crippen LogP contribution in [-0.4, -0.2) is 17.5 Å². The molecule has 0 aliphatic heterocycles. The summed E-state index contributed by atoms with van der Waals surface area (Å²) in [7, 11) is 0. The first-order valence-corrected chi connectivity index (χ1v) is 7.98. The molecule has 1 N–H and O–H groups in total. The molecule has 0 atom stereocenters. The molecule has 0 saturated carbocycles. The average Bonchev–Trinajstić information content (AvgIpc) is 2.52.